The summed E-state index contributed by atoms with van der Waals surface area (Å²) in [6, 6.07) is 0.388. The number of phenols is 1. The van der Waals surface area contributed by atoms with Crippen molar-refractivity contribution in [1.29, 1.82) is 0 Å². The quantitative estimate of drug-likeness (QED) is 0.114. The Bertz CT molecular complexity index is 849. The van der Waals surface area contributed by atoms with Gasteiger partial charge in [0.05, 0.1) is 18.8 Å². The van der Waals surface area contributed by atoms with Crippen LogP contribution in [0.15, 0.2) is 24.3 Å². The predicted molar refractivity (Wildman–Crippen MR) is 125 cm³/mol. The maximum absolute atomic E-state index is 12.9. The van der Waals surface area contributed by atoms with Crippen LogP contribution in [0.5, 0.6) is 5.75 Å². The zero-order valence-corrected chi connectivity index (χ0v) is 19.5. The van der Waals surface area contributed by atoms with Gasteiger partial charge in [-0.15, -0.1) is 0 Å². The molecule has 13 nitrogen and oxygen atoms in total. The van der Waals surface area contributed by atoms with Crippen LogP contribution in [0, 0.1) is 0 Å². The number of aliphatic hydroxyl groups excluding tert-OH is 2. The van der Waals surface area contributed by atoms with Gasteiger partial charge in [0.25, 0.3) is 0 Å². The zero-order valence-electron chi connectivity index (χ0n) is 19.5. The van der Waals surface area contributed by atoms with Crippen LogP contribution in [0.25, 0.3) is 0 Å². The molecule has 13 heteroatoms. The molecule has 196 valence electrons. The van der Waals surface area contributed by atoms with Crippen molar-refractivity contribution in [2.75, 3.05) is 13.2 Å². The fraction of sp³-hybridized carbons (Fsp3) is 0.545. The molecule has 0 aliphatic carbocycles. The summed E-state index contributed by atoms with van der Waals surface area (Å²) in [4.78, 5) is 49.3. The fourth-order valence-corrected chi connectivity index (χ4v) is 3.10. The second-order valence-electron chi connectivity index (χ2n) is 8.13. The van der Waals surface area contributed by atoms with Gasteiger partial charge < -0.3 is 47.8 Å². The van der Waals surface area contributed by atoms with Crippen LogP contribution in [-0.2, 0) is 25.6 Å². The number of aromatic hydroxyl groups is 1. The summed E-state index contributed by atoms with van der Waals surface area (Å²) in [6.45, 7) is 0.831. The molecule has 1 rings (SSSR count). The highest BCUT2D eigenvalue weighted by atomic mass is 16.4. The number of carboxylic acid groups (broad SMARTS) is 1. The largest absolute Gasteiger partial charge is 0.508 e. The van der Waals surface area contributed by atoms with Crippen molar-refractivity contribution in [3.8, 4) is 5.75 Å². The third kappa shape index (κ3) is 10.3. The third-order valence-electron chi connectivity index (χ3n) is 5.17. The summed E-state index contributed by atoms with van der Waals surface area (Å²) in [5.74, 6) is -3.99. The standard InChI is InChI=1S/C22H35N5O8/c1-12(29)18(27-19(31)15(24)4-2-3-9-23)21(33)25-16(10-13-5-7-14(30)8-6-13)20(32)26-17(11-28)22(34)35/h5-8,12,15-18,28-30H,2-4,9-11,23-24H2,1H3,(H,25,33)(H,26,32)(H,27,31)(H,34,35). The van der Waals surface area contributed by atoms with E-state index in [-0.39, 0.29) is 12.2 Å². The fourth-order valence-electron chi connectivity index (χ4n) is 3.10. The van der Waals surface area contributed by atoms with Gasteiger partial charge in [-0.1, -0.05) is 18.6 Å². The molecule has 0 fully saturated rings. The number of benzene rings is 1. The number of amides is 3. The van der Waals surface area contributed by atoms with Crippen LogP contribution < -0.4 is 27.4 Å². The molecule has 35 heavy (non-hydrogen) atoms. The average Bonchev–Trinajstić information content (AvgIpc) is 2.80. The van der Waals surface area contributed by atoms with Crippen LogP contribution in [0.2, 0.25) is 0 Å². The van der Waals surface area contributed by atoms with E-state index in [4.69, 9.17) is 16.6 Å². The Hall–Kier alpha value is -3.26. The van der Waals surface area contributed by atoms with E-state index in [1.54, 1.807) is 0 Å². The van der Waals surface area contributed by atoms with Crippen LogP contribution in [0.3, 0.4) is 0 Å². The number of hydrogen-bond acceptors (Lipinski definition) is 9. The van der Waals surface area contributed by atoms with E-state index in [9.17, 15) is 34.5 Å². The highest BCUT2D eigenvalue weighted by Gasteiger charge is 2.32. The Kier molecular flexibility index (Phi) is 12.7. The first kappa shape index (κ1) is 29.8. The van der Waals surface area contributed by atoms with Gasteiger partial charge in [0.15, 0.2) is 0 Å². The second-order valence-corrected chi connectivity index (χ2v) is 8.13. The van der Waals surface area contributed by atoms with Crippen molar-refractivity contribution in [1.82, 2.24) is 16.0 Å². The summed E-state index contributed by atoms with van der Waals surface area (Å²) in [6.07, 6.45) is 0.119. The maximum atomic E-state index is 12.9. The first-order valence-corrected chi connectivity index (χ1v) is 11.2. The Labute approximate surface area is 202 Å². The first-order chi connectivity index (χ1) is 16.5. The number of aliphatic hydroxyl groups is 2. The van der Waals surface area contributed by atoms with Crippen LogP contribution in [-0.4, -0.2) is 87.5 Å². The average molecular weight is 498 g/mol. The molecule has 5 atom stereocenters. The number of hydrogen-bond donors (Lipinski definition) is 9. The van der Waals surface area contributed by atoms with Crippen molar-refractivity contribution in [3.05, 3.63) is 29.8 Å². The molecule has 5 unspecified atom stereocenters. The molecular weight excluding hydrogens is 462 g/mol. The molecule has 11 N–H and O–H groups in total. The van der Waals surface area contributed by atoms with E-state index < -0.39 is 60.6 Å². The molecule has 0 heterocycles. The number of phenolic OH excluding ortho intramolecular Hbond substituents is 1. The van der Waals surface area contributed by atoms with Gasteiger partial charge in [-0.2, -0.15) is 0 Å². The van der Waals surface area contributed by atoms with Crippen LogP contribution in [0.1, 0.15) is 31.7 Å². The number of carboxylic acids is 1. The topological polar surface area (TPSA) is 237 Å². The number of rotatable bonds is 15. The summed E-state index contributed by atoms with van der Waals surface area (Å²) in [7, 11) is 0. The van der Waals surface area contributed by atoms with Gasteiger partial charge in [-0.05, 0) is 44.0 Å². The minimum atomic E-state index is -1.61. The molecule has 0 saturated heterocycles. The van der Waals surface area contributed by atoms with E-state index in [0.29, 0.717) is 31.4 Å². The molecule has 1 aromatic rings. The van der Waals surface area contributed by atoms with Gasteiger partial charge in [-0.25, -0.2) is 4.79 Å². The van der Waals surface area contributed by atoms with Crippen molar-refractivity contribution in [3.63, 3.8) is 0 Å². The van der Waals surface area contributed by atoms with Gasteiger partial charge in [0.2, 0.25) is 17.7 Å². The van der Waals surface area contributed by atoms with E-state index in [0.717, 1.165) is 0 Å². The van der Waals surface area contributed by atoms with Crippen molar-refractivity contribution in [2.45, 2.75) is 62.9 Å². The summed E-state index contributed by atoms with van der Waals surface area (Å²) in [5, 5.41) is 44.8. The number of carbonyl (C=O) groups is 4. The SMILES string of the molecule is CC(O)C(NC(=O)C(N)CCCCN)C(=O)NC(Cc1ccc(O)cc1)C(=O)NC(CO)C(=O)O. The molecule has 0 aromatic heterocycles. The number of nitrogens with one attached hydrogen (secondary N) is 3. The normalized spacial score (nSPS) is 15.2. The monoisotopic (exact) mass is 497 g/mol. The van der Waals surface area contributed by atoms with E-state index in [1.165, 1.54) is 31.2 Å². The van der Waals surface area contributed by atoms with Gasteiger partial charge >= 0.3 is 5.97 Å². The third-order valence-corrected chi connectivity index (χ3v) is 5.17. The van der Waals surface area contributed by atoms with Gasteiger partial charge in [0.1, 0.15) is 23.9 Å². The first-order valence-electron chi connectivity index (χ1n) is 11.2. The summed E-state index contributed by atoms with van der Waals surface area (Å²) < 4.78 is 0. The minimum Gasteiger partial charge on any atom is -0.508 e. The Balaban J connectivity index is 3.02. The lowest BCUT2D eigenvalue weighted by Crippen LogP contribution is -2.60. The Morgan fingerprint density at radius 2 is 1.54 bits per heavy atom. The highest BCUT2D eigenvalue weighted by molar-refractivity contribution is 5.94. The van der Waals surface area contributed by atoms with E-state index >= 15 is 0 Å². The summed E-state index contributed by atoms with van der Waals surface area (Å²) >= 11 is 0. The predicted octanol–water partition coefficient (Wildman–Crippen LogP) is -2.70. The lowest BCUT2D eigenvalue weighted by atomic mass is 10.0. The minimum absolute atomic E-state index is 0.0234. The van der Waals surface area contributed by atoms with Crippen molar-refractivity contribution >= 4 is 23.7 Å². The Morgan fingerprint density at radius 1 is 0.943 bits per heavy atom. The summed E-state index contributed by atoms with van der Waals surface area (Å²) in [5.41, 5.74) is 11.8. The maximum Gasteiger partial charge on any atom is 0.328 e. The van der Waals surface area contributed by atoms with Gasteiger partial charge in [-0.3, -0.25) is 14.4 Å². The molecule has 0 radical (unpaired) electrons. The lowest BCUT2D eigenvalue weighted by molar-refractivity contribution is -0.143. The van der Waals surface area contributed by atoms with Crippen LogP contribution >= 0.6 is 0 Å². The number of nitrogens with two attached hydrogens (primary N) is 2. The van der Waals surface area contributed by atoms with E-state index in [2.05, 4.69) is 16.0 Å². The molecule has 0 bridgehead atoms. The van der Waals surface area contributed by atoms with Crippen molar-refractivity contribution < 1.29 is 39.6 Å². The smallest absolute Gasteiger partial charge is 0.328 e. The highest BCUT2D eigenvalue weighted by Crippen LogP contribution is 2.12. The molecule has 0 spiro atoms. The molecule has 0 aliphatic rings. The molecule has 3 amide bonds. The molecular formula is C22H35N5O8. The van der Waals surface area contributed by atoms with Gasteiger partial charge in [0, 0.05) is 6.42 Å². The molecule has 0 saturated carbocycles. The zero-order chi connectivity index (χ0) is 26.5. The van der Waals surface area contributed by atoms with Crippen LogP contribution in [0.4, 0.5) is 0 Å². The van der Waals surface area contributed by atoms with E-state index in [1.807, 2.05) is 0 Å². The van der Waals surface area contributed by atoms with Crippen molar-refractivity contribution in [2.24, 2.45) is 11.5 Å². The lowest BCUT2D eigenvalue weighted by Gasteiger charge is -2.26. The molecule has 1 aromatic carbocycles. The second kappa shape index (κ2) is 14.9. The number of carbonyl (C=O) groups excluding carboxylic acids is 3. The number of unbranched alkanes of at least 4 members (excludes halogenated alkanes) is 1. The number of aliphatic carboxylic acids is 1. The molecule has 0 aliphatic heterocycles. The Morgan fingerprint density at radius 3 is 2.06 bits per heavy atom.